The first-order valence-electron chi connectivity index (χ1n) is 11.0. The number of anilines is 1. The molecule has 1 amide bonds. The van der Waals surface area contributed by atoms with E-state index in [0.29, 0.717) is 12.3 Å². The van der Waals surface area contributed by atoms with E-state index in [-0.39, 0.29) is 5.41 Å². The Morgan fingerprint density at radius 1 is 1.00 bits per heavy atom. The van der Waals surface area contributed by atoms with E-state index in [2.05, 4.69) is 24.8 Å². The second-order valence-corrected chi connectivity index (χ2v) is 8.89. The largest absolute Gasteiger partial charge is 0.356 e. The van der Waals surface area contributed by atoms with Gasteiger partial charge in [0.05, 0.1) is 0 Å². The maximum atomic E-state index is 12.6. The van der Waals surface area contributed by atoms with E-state index < -0.39 is 0 Å². The Bertz CT molecular complexity index is 886. The molecule has 2 aromatic heterocycles. The lowest BCUT2D eigenvalue weighted by Crippen LogP contribution is -2.54. The molecule has 2 fully saturated rings. The Labute approximate surface area is 172 Å². The van der Waals surface area contributed by atoms with Crippen molar-refractivity contribution in [3.05, 3.63) is 47.7 Å². The van der Waals surface area contributed by atoms with Gasteiger partial charge >= 0.3 is 0 Å². The highest BCUT2D eigenvalue weighted by molar-refractivity contribution is 5.77. The van der Waals surface area contributed by atoms with Crippen LogP contribution in [0.2, 0.25) is 0 Å². The number of nitrogens with zero attached hydrogens (tertiary/aromatic N) is 5. The van der Waals surface area contributed by atoms with Crippen molar-refractivity contribution in [2.45, 2.75) is 51.4 Å². The summed E-state index contributed by atoms with van der Waals surface area (Å²) in [6.07, 6.45) is 11.8. The lowest BCUT2D eigenvalue weighted by molar-refractivity contribution is -0.137. The van der Waals surface area contributed by atoms with Crippen LogP contribution in [0, 0.1) is 5.41 Å². The van der Waals surface area contributed by atoms with Crippen molar-refractivity contribution in [2.75, 3.05) is 31.1 Å². The van der Waals surface area contributed by atoms with E-state index >= 15 is 0 Å². The molecular weight excluding hydrogens is 362 g/mol. The fourth-order valence-corrected chi connectivity index (χ4v) is 5.44. The lowest BCUT2D eigenvalue weighted by Gasteiger charge is -2.48. The average Bonchev–Trinajstić information content (AvgIpc) is 3.24. The van der Waals surface area contributed by atoms with Gasteiger partial charge in [0.2, 0.25) is 5.91 Å². The Kier molecular flexibility index (Phi) is 4.94. The van der Waals surface area contributed by atoms with Crippen LogP contribution in [0.1, 0.15) is 49.1 Å². The first-order chi connectivity index (χ1) is 14.2. The third-order valence-electron chi connectivity index (χ3n) is 6.93. The van der Waals surface area contributed by atoms with Gasteiger partial charge in [-0.05, 0) is 50.7 Å². The monoisotopic (exact) mass is 391 g/mol. The highest BCUT2D eigenvalue weighted by atomic mass is 16.2. The van der Waals surface area contributed by atoms with E-state index in [1.54, 1.807) is 6.33 Å². The van der Waals surface area contributed by atoms with Crippen molar-refractivity contribution in [1.29, 1.82) is 0 Å². The molecular formula is C23H29N5O. The standard InChI is InChI=1S/C23H29N5O/c29-21-8-11-23(15-27(21)14-9-18-5-1-2-12-24-18)10-4-13-28(16-23)22-19-6-3-7-20(19)25-17-26-22/h1-2,5,12,17H,3-4,6-11,13-16H2/t23-/m1/s1. The normalized spacial score (nSPS) is 24.2. The zero-order valence-corrected chi connectivity index (χ0v) is 17.0. The van der Waals surface area contributed by atoms with Crippen LogP contribution in [0.3, 0.4) is 0 Å². The van der Waals surface area contributed by atoms with Crippen LogP contribution in [0.25, 0.3) is 0 Å². The van der Waals surface area contributed by atoms with E-state index in [1.807, 2.05) is 24.4 Å². The first-order valence-corrected chi connectivity index (χ1v) is 11.0. The van der Waals surface area contributed by atoms with Gasteiger partial charge in [-0.25, -0.2) is 9.97 Å². The summed E-state index contributed by atoms with van der Waals surface area (Å²) in [6, 6.07) is 5.99. The van der Waals surface area contributed by atoms with Crippen molar-refractivity contribution < 1.29 is 4.79 Å². The zero-order chi connectivity index (χ0) is 19.7. The molecule has 3 aliphatic rings. The Balaban J connectivity index is 1.31. The van der Waals surface area contributed by atoms with Gasteiger partial charge in [-0.15, -0.1) is 0 Å². The number of amides is 1. The number of carbonyl (C=O) groups excluding carboxylic acids is 1. The number of hydrogen-bond donors (Lipinski definition) is 0. The number of hydrogen-bond acceptors (Lipinski definition) is 5. The minimum Gasteiger partial charge on any atom is -0.356 e. The number of fused-ring (bicyclic) bond motifs is 1. The summed E-state index contributed by atoms with van der Waals surface area (Å²) in [6.45, 7) is 3.69. The molecule has 1 spiro atoms. The first kappa shape index (κ1) is 18.5. The molecule has 152 valence electrons. The van der Waals surface area contributed by atoms with Crippen molar-refractivity contribution in [1.82, 2.24) is 19.9 Å². The number of carbonyl (C=O) groups is 1. The summed E-state index contributed by atoms with van der Waals surface area (Å²) in [7, 11) is 0. The van der Waals surface area contributed by atoms with Crippen LogP contribution >= 0.6 is 0 Å². The molecule has 0 unspecified atom stereocenters. The van der Waals surface area contributed by atoms with Gasteiger partial charge in [-0.1, -0.05) is 6.07 Å². The van der Waals surface area contributed by atoms with E-state index in [9.17, 15) is 4.79 Å². The van der Waals surface area contributed by atoms with Crippen LogP contribution in [0.15, 0.2) is 30.7 Å². The minimum atomic E-state index is 0.187. The second-order valence-electron chi connectivity index (χ2n) is 8.89. The summed E-state index contributed by atoms with van der Waals surface area (Å²) >= 11 is 0. The van der Waals surface area contributed by atoms with Gasteiger partial charge in [-0.2, -0.15) is 0 Å². The van der Waals surface area contributed by atoms with E-state index in [1.165, 1.54) is 30.5 Å². The summed E-state index contributed by atoms with van der Waals surface area (Å²) in [4.78, 5) is 30.8. The van der Waals surface area contributed by atoms with Crippen LogP contribution in [-0.2, 0) is 24.1 Å². The number of pyridine rings is 1. The van der Waals surface area contributed by atoms with Gasteiger partial charge in [0, 0.05) is 67.6 Å². The van der Waals surface area contributed by atoms with Crippen molar-refractivity contribution in [2.24, 2.45) is 5.41 Å². The molecule has 2 aliphatic heterocycles. The molecule has 0 aromatic carbocycles. The summed E-state index contributed by atoms with van der Waals surface area (Å²) < 4.78 is 0. The van der Waals surface area contributed by atoms with Crippen molar-refractivity contribution in [3.63, 3.8) is 0 Å². The quantitative estimate of drug-likeness (QED) is 0.802. The second kappa shape index (κ2) is 7.73. The topological polar surface area (TPSA) is 62.2 Å². The number of rotatable bonds is 4. The van der Waals surface area contributed by atoms with Gasteiger partial charge in [0.25, 0.3) is 0 Å². The molecule has 0 radical (unpaired) electrons. The lowest BCUT2D eigenvalue weighted by atomic mass is 9.73. The number of aryl methyl sites for hydroxylation is 1. The minimum absolute atomic E-state index is 0.187. The van der Waals surface area contributed by atoms with Gasteiger partial charge in [-0.3, -0.25) is 9.78 Å². The third-order valence-corrected chi connectivity index (χ3v) is 6.93. The molecule has 6 nitrogen and oxygen atoms in total. The zero-order valence-electron chi connectivity index (χ0n) is 17.0. The molecule has 6 heteroatoms. The van der Waals surface area contributed by atoms with Gasteiger partial charge < -0.3 is 9.80 Å². The number of piperidine rings is 2. The smallest absolute Gasteiger partial charge is 0.222 e. The van der Waals surface area contributed by atoms with Crippen molar-refractivity contribution >= 4 is 11.7 Å². The van der Waals surface area contributed by atoms with Crippen LogP contribution in [-0.4, -0.2) is 51.9 Å². The number of likely N-dealkylation sites (tertiary alicyclic amines) is 1. The molecule has 4 heterocycles. The van der Waals surface area contributed by atoms with E-state index in [4.69, 9.17) is 0 Å². The fraction of sp³-hybridized carbons (Fsp3) is 0.565. The summed E-state index contributed by atoms with van der Waals surface area (Å²) in [5.41, 5.74) is 3.85. The van der Waals surface area contributed by atoms with Crippen LogP contribution < -0.4 is 4.90 Å². The SMILES string of the molecule is O=C1CC[C@]2(CCCN(c3ncnc4c3CCC4)C2)CN1CCc1ccccn1. The van der Waals surface area contributed by atoms with Gasteiger partial charge in [0.15, 0.2) is 0 Å². The Hall–Kier alpha value is -2.50. The van der Waals surface area contributed by atoms with Crippen molar-refractivity contribution in [3.8, 4) is 0 Å². The molecule has 2 aromatic rings. The van der Waals surface area contributed by atoms with Crippen LogP contribution in [0.5, 0.6) is 0 Å². The maximum Gasteiger partial charge on any atom is 0.222 e. The molecule has 0 saturated carbocycles. The molecule has 2 saturated heterocycles. The number of aromatic nitrogens is 3. The Morgan fingerprint density at radius 2 is 1.97 bits per heavy atom. The predicted molar refractivity (Wildman–Crippen MR) is 112 cm³/mol. The highest BCUT2D eigenvalue weighted by Gasteiger charge is 2.42. The Morgan fingerprint density at radius 3 is 2.86 bits per heavy atom. The molecule has 0 bridgehead atoms. The highest BCUT2D eigenvalue weighted by Crippen LogP contribution is 2.41. The molecule has 5 rings (SSSR count). The third kappa shape index (κ3) is 3.72. The molecule has 1 aliphatic carbocycles. The van der Waals surface area contributed by atoms with Gasteiger partial charge in [0.1, 0.15) is 12.1 Å². The summed E-state index contributed by atoms with van der Waals surface area (Å²) in [5, 5.41) is 0. The van der Waals surface area contributed by atoms with E-state index in [0.717, 1.165) is 63.4 Å². The predicted octanol–water partition coefficient (Wildman–Crippen LogP) is 2.81. The fourth-order valence-electron chi connectivity index (χ4n) is 5.44. The average molecular weight is 392 g/mol. The molecule has 1 atom stereocenters. The molecule has 0 N–H and O–H groups in total. The molecule has 29 heavy (non-hydrogen) atoms. The summed E-state index contributed by atoms with van der Waals surface area (Å²) in [5.74, 6) is 1.45. The maximum absolute atomic E-state index is 12.6. The van der Waals surface area contributed by atoms with Crippen LogP contribution in [0.4, 0.5) is 5.82 Å².